The van der Waals surface area contributed by atoms with Gasteiger partial charge in [-0.1, -0.05) is 17.7 Å². The number of hydrogen-bond donors (Lipinski definition) is 2. The largest absolute Gasteiger partial charge is 0.573 e. The van der Waals surface area contributed by atoms with E-state index in [1.165, 1.54) is 19.2 Å². The number of rotatable bonds is 7. The van der Waals surface area contributed by atoms with E-state index in [1.807, 2.05) is 18.0 Å². The fraction of sp³-hybridized carbons (Fsp3) is 0.360. The van der Waals surface area contributed by atoms with Crippen LogP contribution in [0.25, 0.3) is 5.69 Å². The van der Waals surface area contributed by atoms with Crippen LogP contribution in [0, 0.1) is 6.92 Å². The zero-order valence-corrected chi connectivity index (χ0v) is 20.9. The van der Waals surface area contributed by atoms with Crippen LogP contribution >= 0.6 is 11.6 Å². The Morgan fingerprint density at radius 2 is 2.00 bits per heavy atom. The number of methoxy groups -OCH3 is 1. The summed E-state index contributed by atoms with van der Waals surface area (Å²) in [6, 6.07) is 8.79. The molecule has 2 aromatic carbocycles. The van der Waals surface area contributed by atoms with Crippen molar-refractivity contribution in [2.45, 2.75) is 38.4 Å². The van der Waals surface area contributed by atoms with E-state index in [4.69, 9.17) is 16.3 Å². The van der Waals surface area contributed by atoms with Crippen LogP contribution < -0.4 is 14.8 Å². The van der Waals surface area contributed by atoms with E-state index in [0.717, 1.165) is 17.4 Å². The molecule has 1 aliphatic rings. The van der Waals surface area contributed by atoms with Crippen molar-refractivity contribution in [1.82, 2.24) is 19.8 Å². The molecule has 1 saturated heterocycles. The SMILES string of the molecule is COc1cc(C(=O)NC2CC(O)CN(Cc3ccc(OC(F)(F)F)c(Cl)c3)C2)ccc1-n1cnc(C)c1. The quantitative estimate of drug-likeness (QED) is 0.471. The Bertz CT molecular complexity index is 1270. The van der Waals surface area contributed by atoms with Gasteiger partial charge in [0, 0.05) is 37.4 Å². The summed E-state index contributed by atoms with van der Waals surface area (Å²) in [5.41, 5.74) is 2.63. The number of carbonyl (C=O) groups is 1. The molecule has 0 saturated carbocycles. The van der Waals surface area contributed by atoms with Crippen LogP contribution in [0.15, 0.2) is 48.9 Å². The van der Waals surface area contributed by atoms with Crippen molar-refractivity contribution in [3.05, 3.63) is 70.8 Å². The summed E-state index contributed by atoms with van der Waals surface area (Å²) in [5.74, 6) is -0.293. The van der Waals surface area contributed by atoms with Crippen LogP contribution in [0.5, 0.6) is 11.5 Å². The van der Waals surface area contributed by atoms with Gasteiger partial charge < -0.3 is 24.5 Å². The van der Waals surface area contributed by atoms with E-state index in [1.54, 1.807) is 29.1 Å². The number of alkyl halides is 3. The van der Waals surface area contributed by atoms with E-state index < -0.39 is 18.2 Å². The van der Waals surface area contributed by atoms with Gasteiger partial charge in [0.05, 0.1) is 35.9 Å². The van der Waals surface area contributed by atoms with Gasteiger partial charge in [-0.15, -0.1) is 13.2 Å². The van der Waals surface area contributed by atoms with Crippen molar-refractivity contribution in [1.29, 1.82) is 0 Å². The minimum Gasteiger partial charge on any atom is -0.495 e. The third kappa shape index (κ3) is 6.94. The van der Waals surface area contributed by atoms with Crippen molar-refractivity contribution >= 4 is 17.5 Å². The number of aliphatic hydroxyl groups is 1. The van der Waals surface area contributed by atoms with E-state index in [9.17, 15) is 23.1 Å². The van der Waals surface area contributed by atoms with Gasteiger partial charge in [-0.05, 0) is 49.2 Å². The molecule has 2 unspecified atom stereocenters. The predicted octanol–water partition coefficient (Wildman–Crippen LogP) is 4.11. The Labute approximate surface area is 216 Å². The number of nitrogens with one attached hydrogen (secondary N) is 1. The number of benzene rings is 2. The van der Waals surface area contributed by atoms with Gasteiger partial charge in [0.1, 0.15) is 11.5 Å². The zero-order valence-electron chi connectivity index (χ0n) is 20.1. The molecule has 198 valence electrons. The van der Waals surface area contributed by atoms with Gasteiger partial charge in [0.25, 0.3) is 5.91 Å². The number of piperidine rings is 1. The second-order valence-electron chi connectivity index (χ2n) is 8.88. The molecule has 0 aliphatic carbocycles. The van der Waals surface area contributed by atoms with Crippen molar-refractivity contribution in [3.8, 4) is 17.2 Å². The zero-order chi connectivity index (χ0) is 26.7. The Morgan fingerprint density at radius 3 is 2.65 bits per heavy atom. The van der Waals surface area contributed by atoms with Crippen LogP contribution in [-0.2, 0) is 6.54 Å². The van der Waals surface area contributed by atoms with Crippen LogP contribution in [-0.4, -0.2) is 64.2 Å². The molecule has 37 heavy (non-hydrogen) atoms. The van der Waals surface area contributed by atoms with E-state index in [0.29, 0.717) is 42.9 Å². The number of amides is 1. The average Bonchev–Trinajstić information content (AvgIpc) is 3.25. The summed E-state index contributed by atoms with van der Waals surface area (Å²) in [6.45, 7) is 2.98. The lowest BCUT2D eigenvalue weighted by atomic mass is 10.0. The number of aromatic nitrogens is 2. The number of aryl methyl sites for hydroxylation is 1. The van der Waals surface area contributed by atoms with Gasteiger partial charge in [0.15, 0.2) is 0 Å². The highest BCUT2D eigenvalue weighted by Gasteiger charge is 2.32. The molecular formula is C25H26ClF3N4O4. The number of hydrogen-bond acceptors (Lipinski definition) is 6. The second-order valence-corrected chi connectivity index (χ2v) is 9.28. The first-order valence-corrected chi connectivity index (χ1v) is 11.8. The third-order valence-corrected chi connectivity index (χ3v) is 6.19. The number of β-amino-alcohol motifs (C(OH)–C–C–N with tert-alkyl or cyclic N) is 1. The van der Waals surface area contributed by atoms with Crippen molar-refractivity contribution in [2.24, 2.45) is 0 Å². The predicted molar refractivity (Wildman–Crippen MR) is 130 cm³/mol. The van der Waals surface area contributed by atoms with Crippen molar-refractivity contribution < 1.29 is 32.5 Å². The molecule has 2 N–H and O–H groups in total. The topological polar surface area (TPSA) is 88.9 Å². The van der Waals surface area contributed by atoms with Gasteiger partial charge in [0.2, 0.25) is 0 Å². The molecule has 8 nitrogen and oxygen atoms in total. The van der Waals surface area contributed by atoms with Crippen LogP contribution in [0.1, 0.15) is 28.0 Å². The van der Waals surface area contributed by atoms with E-state index in [-0.39, 0.29) is 17.0 Å². The fourth-order valence-corrected chi connectivity index (χ4v) is 4.60. The molecule has 1 amide bonds. The molecule has 0 radical (unpaired) electrons. The van der Waals surface area contributed by atoms with Crippen molar-refractivity contribution in [3.63, 3.8) is 0 Å². The third-order valence-electron chi connectivity index (χ3n) is 5.90. The van der Waals surface area contributed by atoms with Gasteiger partial charge in [-0.3, -0.25) is 9.69 Å². The highest BCUT2D eigenvalue weighted by Crippen LogP contribution is 2.31. The summed E-state index contributed by atoms with van der Waals surface area (Å²) >= 11 is 5.96. The second kappa shape index (κ2) is 11.0. The summed E-state index contributed by atoms with van der Waals surface area (Å²) in [6.07, 6.45) is -1.65. The van der Waals surface area contributed by atoms with Gasteiger partial charge >= 0.3 is 6.36 Å². The first kappa shape index (κ1) is 26.8. The molecule has 3 aromatic rings. The summed E-state index contributed by atoms with van der Waals surface area (Å²) < 4.78 is 48.6. The smallest absolute Gasteiger partial charge is 0.495 e. The first-order chi connectivity index (χ1) is 17.5. The maximum atomic E-state index is 13.0. The van der Waals surface area contributed by atoms with E-state index in [2.05, 4.69) is 15.0 Å². The Morgan fingerprint density at radius 1 is 1.22 bits per heavy atom. The Kier molecular flexibility index (Phi) is 7.96. The maximum Gasteiger partial charge on any atom is 0.573 e. The standard InChI is InChI=1S/C25H26ClF3N4O4/c1-15-10-33(14-30-15)21-5-4-17(8-23(21)36-2)24(35)31-18-9-19(34)13-32(12-18)11-16-3-6-22(20(26)7-16)37-25(27,28)29/h3-8,10,14,18-19,34H,9,11-13H2,1-2H3,(H,31,35). The highest BCUT2D eigenvalue weighted by molar-refractivity contribution is 6.32. The molecular weight excluding hydrogens is 513 g/mol. The van der Waals surface area contributed by atoms with E-state index >= 15 is 0 Å². The molecule has 0 bridgehead atoms. The maximum absolute atomic E-state index is 13.0. The van der Waals surface area contributed by atoms with Gasteiger partial charge in [-0.2, -0.15) is 0 Å². The molecule has 1 aliphatic heterocycles. The molecule has 1 aromatic heterocycles. The number of nitrogens with zero attached hydrogens (tertiary/aromatic N) is 3. The average molecular weight is 539 g/mol. The van der Waals surface area contributed by atoms with Crippen molar-refractivity contribution in [2.75, 3.05) is 20.2 Å². The lowest BCUT2D eigenvalue weighted by Gasteiger charge is -2.36. The monoisotopic (exact) mass is 538 g/mol. The number of imidazole rings is 1. The van der Waals surface area contributed by atoms with Crippen LogP contribution in [0.2, 0.25) is 5.02 Å². The molecule has 0 spiro atoms. The number of ether oxygens (including phenoxy) is 2. The number of carbonyl (C=O) groups excluding carboxylic acids is 1. The molecule has 4 rings (SSSR count). The molecule has 2 heterocycles. The summed E-state index contributed by atoms with van der Waals surface area (Å²) in [7, 11) is 1.52. The number of aliphatic hydroxyl groups excluding tert-OH is 1. The molecule has 2 atom stereocenters. The summed E-state index contributed by atoms with van der Waals surface area (Å²) in [5, 5.41) is 13.2. The molecule has 12 heteroatoms. The lowest BCUT2D eigenvalue weighted by molar-refractivity contribution is -0.274. The van der Waals surface area contributed by atoms with Crippen LogP contribution in [0.3, 0.4) is 0 Å². The number of likely N-dealkylation sites (tertiary alicyclic amines) is 1. The number of halogens is 4. The first-order valence-electron chi connectivity index (χ1n) is 11.4. The Balaban J connectivity index is 1.41. The van der Waals surface area contributed by atoms with Gasteiger partial charge in [-0.25, -0.2) is 4.98 Å². The Hall–Kier alpha value is -3.28. The summed E-state index contributed by atoms with van der Waals surface area (Å²) in [4.78, 5) is 19.1. The molecule has 1 fully saturated rings. The van der Waals surface area contributed by atoms with Crippen LogP contribution in [0.4, 0.5) is 13.2 Å². The fourth-order valence-electron chi connectivity index (χ4n) is 4.36. The highest BCUT2D eigenvalue weighted by atomic mass is 35.5. The minimum absolute atomic E-state index is 0.166. The minimum atomic E-state index is -4.84. The lowest BCUT2D eigenvalue weighted by Crippen LogP contribution is -2.52. The normalized spacial score (nSPS) is 18.5.